The molecule has 0 aromatic heterocycles. The number of benzene rings is 3. The molecule has 206 valence electrons. The van der Waals surface area contributed by atoms with Crippen LogP contribution in [0.25, 0.3) is 0 Å². The Morgan fingerprint density at radius 2 is 1.65 bits per heavy atom. The topological polar surface area (TPSA) is 85.9 Å². The maximum absolute atomic E-state index is 13.9. The summed E-state index contributed by atoms with van der Waals surface area (Å²) < 4.78 is 16.1. The number of carbonyl (C=O) groups is 2. The third-order valence-corrected chi connectivity index (χ3v) is 7.72. The highest BCUT2D eigenvalue weighted by molar-refractivity contribution is 6.30. The number of anilines is 1. The molecule has 3 aromatic rings. The van der Waals surface area contributed by atoms with E-state index in [-0.39, 0.29) is 17.6 Å². The van der Waals surface area contributed by atoms with Gasteiger partial charge in [-0.1, -0.05) is 29.8 Å². The summed E-state index contributed by atoms with van der Waals surface area (Å²) in [4.78, 5) is 27.7. The maximum Gasteiger partial charge on any atom is 0.254 e. The van der Waals surface area contributed by atoms with Crippen LogP contribution in [0.5, 0.6) is 17.2 Å². The fraction of sp³-hybridized carbons (Fsp3) is 0.250. The predicted molar refractivity (Wildman–Crippen MR) is 155 cm³/mol. The van der Waals surface area contributed by atoms with E-state index in [0.717, 1.165) is 16.8 Å². The van der Waals surface area contributed by atoms with Gasteiger partial charge in [-0.15, -0.1) is 0 Å². The Morgan fingerprint density at radius 1 is 0.900 bits per heavy atom. The molecule has 1 amide bonds. The average molecular weight is 559 g/mol. The number of nitrogens with one attached hydrogen (secondary N) is 2. The summed E-state index contributed by atoms with van der Waals surface area (Å²) in [5, 5.41) is 6.95. The second-order valence-corrected chi connectivity index (χ2v) is 10.3. The maximum atomic E-state index is 13.9. The zero-order chi connectivity index (χ0) is 28.4. The van der Waals surface area contributed by atoms with Gasteiger partial charge in [0.15, 0.2) is 17.3 Å². The van der Waals surface area contributed by atoms with Crippen molar-refractivity contribution in [1.82, 2.24) is 5.32 Å². The molecule has 0 spiro atoms. The summed E-state index contributed by atoms with van der Waals surface area (Å²) in [6.07, 6.45) is 0.915. The first kappa shape index (κ1) is 27.3. The summed E-state index contributed by atoms with van der Waals surface area (Å²) in [7, 11) is 4.78. The first-order chi connectivity index (χ1) is 19.3. The number of allylic oxidation sites excluding steroid dienone is 3. The Hall–Kier alpha value is -4.23. The highest BCUT2D eigenvalue weighted by Gasteiger charge is 2.41. The van der Waals surface area contributed by atoms with Crippen molar-refractivity contribution in [2.45, 2.75) is 31.6 Å². The number of ketones is 1. The fourth-order valence-electron chi connectivity index (χ4n) is 5.57. The van der Waals surface area contributed by atoms with Crippen LogP contribution < -0.4 is 24.8 Å². The van der Waals surface area contributed by atoms with Gasteiger partial charge >= 0.3 is 0 Å². The summed E-state index contributed by atoms with van der Waals surface area (Å²) in [5.41, 5.74) is 5.00. The molecule has 0 bridgehead atoms. The molecule has 2 N–H and O–H groups in total. The van der Waals surface area contributed by atoms with Crippen molar-refractivity contribution in [2.24, 2.45) is 0 Å². The largest absolute Gasteiger partial charge is 0.497 e. The zero-order valence-corrected chi connectivity index (χ0v) is 23.6. The molecule has 2 unspecified atom stereocenters. The predicted octanol–water partition coefficient (Wildman–Crippen LogP) is 6.37. The molecule has 8 heteroatoms. The Bertz CT molecular complexity index is 1530. The number of halogens is 1. The van der Waals surface area contributed by atoms with Gasteiger partial charge in [-0.05, 0) is 78.9 Å². The van der Waals surface area contributed by atoms with E-state index >= 15 is 0 Å². The number of methoxy groups -OCH3 is 3. The van der Waals surface area contributed by atoms with Crippen LogP contribution in [0.3, 0.4) is 0 Å². The van der Waals surface area contributed by atoms with E-state index in [4.69, 9.17) is 25.8 Å². The van der Waals surface area contributed by atoms with Crippen molar-refractivity contribution < 1.29 is 23.8 Å². The van der Waals surface area contributed by atoms with Gasteiger partial charge in [0.25, 0.3) is 5.91 Å². The second-order valence-electron chi connectivity index (χ2n) is 9.87. The number of carbonyl (C=O) groups excluding carboxylic acids is 2. The molecule has 1 aliphatic heterocycles. The lowest BCUT2D eigenvalue weighted by Crippen LogP contribution is -2.37. The van der Waals surface area contributed by atoms with Gasteiger partial charge in [0.05, 0.1) is 21.3 Å². The summed E-state index contributed by atoms with van der Waals surface area (Å²) in [6.45, 7) is 1.87. The normalized spacial score (nSPS) is 18.6. The van der Waals surface area contributed by atoms with Crippen LogP contribution in [0, 0.1) is 0 Å². The molecule has 2 aliphatic rings. The van der Waals surface area contributed by atoms with Gasteiger partial charge in [-0.2, -0.15) is 0 Å². The van der Waals surface area contributed by atoms with Crippen molar-refractivity contribution >= 4 is 29.0 Å². The minimum absolute atomic E-state index is 0.0132. The van der Waals surface area contributed by atoms with Gasteiger partial charge in [0, 0.05) is 45.6 Å². The van der Waals surface area contributed by atoms with Crippen molar-refractivity contribution in [3.63, 3.8) is 0 Å². The molecule has 0 saturated carbocycles. The van der Waals surface area contributed by atoms with Crippen LogP contribution in [0.4, 0.5) is 5.69 Å². The van der Waals surface area contributed by atoms with Crippen LogP contribution in [-0.4, -0.2) is 33.0 Å². The number of hydrogen-bond donors (Lipinski definition) is 2. The van der Waals surface area contributed by atoms with Crippen LogP contribution in [0.2, 0.25) is 5.02 Å². The van der Waals surface area contributed by atoms with E-state index in [2.05, 4.69) is 10.6 Å². The van der Waals surface area contributed by atoms with Gasteiger partial charge < -0.3 is 24.8 Å². The minimum atomic E-state index is -0.563. The van der Waals surface area contributed by atoms with Gasteiger partial charge in [0.2, 0.25) is 0 Å². The lowest BCUT2D eigenvalue weighted by atomic mass is 9.71. The zero-order valence-electron chi connectivity index (χ0n) is 22.8. The Kier molecular flexibility index (Phi) is 7.85. The van der Waals surface area contributed by atoms with Crippen LogP contribution >= 0.6 is 11.6 Å². The van der Waals surface area contributed by atoms with Crippen molar-refractivity contribution in [3.05, 3.63) is 105 Å². The van der Waals surface area contributed by atoms with Crippen molar-refractivity contribution in [1.29, 1.82) is 0 Å². The smallest absolute Gasteiger partial charge is 0.254 e. The number of ether oxygens (including phenoxy) is 3. The van der Waals surface area contributed by atoms with Crippen molar-refractivity contribution in [3.8, 4) is 17.2 Å². The molecule has 0 fully saturated rings. The number of rotatable bonds is 7. The Balaban J connectivity index is 1.53. The van der Waals surface area contributed by atoms with Crippen LogP contribution in [0.15, 0.2) is 89.3 Å². The first-order valence-corrected chi connectivity index (χ1v) is 13.4. The number of Topliss-reactive ketones (excluding diaryl/α,β-unsaturated/α-hetero) is 1. The third kappa shape index (κ3) is 5.29. The standard InChI is InChI=1S/C32H31ClN2O5/c1-18-29(32(37)35-23-9-11-24(38-2)12-10-23)30(20-6-5-7-22(33)14-20)31-25(34-18)15-21(16-26(31)36)19-8-13-27(39-3)28(17-19)40-4/h5-14,17,21,30,34H,15-16H2,1-4H3,(H,35,37). The van der Waals surface area contributed by atoms with Gasteiger partial charge in [0.1, 0.15) is 5.75 Å². The molecule has 0 radical (unpaired) electrons. The third-order valence-electron chi connectivity index (χ3n) is 7.48. The lowest BCUT2D eigenvalue weighted by molar-refractivity contribution is -0.116. The van der Waals surface area contributed by atoms with E-state index in [0.29, 0.717) is 57.6 Å². The minimum Gasteiger partial charge on any atom is -0.497 e. The summed E-state index contributed by atoms with van der Waals surface area (Å²) in [6, 6.07) is 20.2. The molecule has 1 aliphatic carbocycles. The molecule has 2 atom stereocenters. The number of dihydropyridines is 1. The Morgan fingerprint density at radius 3 is 2.33 bits per heavy atom. The molecule has 1 heterocycles. The van der Waals surface area contributed by atoms with Gasteiger partial charge in [-0.3, -0.25) is 9.59 Å². The summed E-state index contributed by atoms with van der Waals surface area (Å²) >= 11 is 6.39. The lowest BCUT2D eigenvalue weighted by Gasteiger charge is -2.37. The van der Waals surface area contributed by atoms with Crippen molar-refractivity contribution in [2.75, 3.05) is 26.6 Å². The molecule has 7 nitrogen and oxygen atoms in total. The molecule has 5 rings (SSSR count). The SMILES string of the molecule is COc1ccc(NC(=O)C2=C(C)NC3=C(C(=O)CC(c4ccc(OC)c(OC)c4)C3)C2c2cccc(Cl)c2)cc1. The second kappa shape index (κ2) is 11.5. The first-order valence-electron chi connectivity index (χ1n) is 13.0. The molecular weight excluding hydrogens is 528 g/mol. The van der Waals surface area contributed by atoms with E-state index in [1.807, 2.05) is 43.3 Å². The van der Waals surface area contributed by atoms with Crippen LogP contribution in [-0.2, 0) is 9.59 Å². The Labute approximate surface area is 238 Å². The quantitative estimate of drug-likeness (QED) is 0.351. The van der Waals surface area contributed by atoms with E-state index in [1.165, 1.54) is 0 Å². The number of amides is 1. The fourth-order valence-corrected chi connectivity index (χ4v) is 5.77. The van der Waals surface area contributed by atoms with Crippen LogP contribution in [0.1, 0.15) is 42.7 Å². The molecule has 3 aromatic carbocycles. The molecular formula is C32H31ClN2O5. The monoisotopic (exact) mass is 558 g/mol. The number of hydrogen-bond acceptors (Lipinski definition) is 6. The van der Waals surface area contributed by atoms with E-state index in [1.54, 1.807) is 51.7 Å². The van der Waals surface area contributed by atoms with E-state index < -0.39 is 5.92 Å². The highest BCUT2D eigenvalue weighted by Crippen LogP contribution is 2.46. The van der Waals surface area contributed by atoms with Gasteiger partial charge in [-0.25, -0.2) is 0 Å². The molecule has 0 saturated heterocycles. The summed E-state index contributed by atoms with van der Waals surface area (Å²) in [5.74, 6) is 1.03. The molecule has 40 heavy (non-hydrogen) atoms. The average Bonchev–Trinajstić information content (AvgIpc) is 2.96. The highest BCUT2D eigenvalue weighted by atomic mass is 35.5. The van der Waals surface area contributed by atoms with E-state index in [9.17, 15) is 9.59 Å².